The van der Waals surface area contributed by atoms with E-state index >= 15 is 0 Å². The average molecular weight is 281 g/mol. The van der Waals surface area contributed by atoms with Gasteiger partial charge in [-0.2, -0.15) is 5.10 Å². The number of nitrogens with zero attached hydrogens (tertiary/aromatic N) is 2. The first-order valence-corrected chi connectivity index (χ1v) is 6.11. The Hall–Kier alpha value is -1.88. The predicted octanol–water partition coefficient (Wildman–Crippen LogP) is 1.89. The summed E-state index contributed by atoms with van der Waals surface area (Å²) in [6, 6.07) is 7.02. The van der Waals surface area contributed by atoms with Crippen molar-refractivity contribution >= 4 is 34.8 Å². The van der Waals surface area contributed by atoms with Gasteiger partial charge in [-0.25, -0.2) is 0 Å². The van der Waals surface area contributed by atoms with Crippen molar-refractivity contribution in [1.29, 1.82) is 0 Å². The molecule has 0 aliphatic carbocycles. The molecule has 2 rings (SSSR count). The molecule has 0 aromatic heterocycles. The lowest BCUT2D eigenvalue weighted by Crippen LogP contribution is -2.30. The monoisotopic (exact) mass is 280 g/mol. The summed E-state index contributed by atoms with van der Waals surface area (Å²) in [5, 5.41) is 6.41. The van der Waals surface area contributed by atoms with Gasteiger partial charge >= 0.3 is 5.97 Å². The summed E-state index contributed by atoms with van der Waals surface area (Å²) in [4.78, 5) is 23.2. The minimum absolute atomic E-state index is 0.224. The van der Waals surface area contributed by atoms with Crippen LogP contribution in [0, 0.1) is 5.92 Å². The molecule has 0 unspecified atom stereocenters. The van der Waals surface area contributed by atoms with Gasteiger partial charge in [-0.1, -0.05) is 11.6 Å². The van der Waals surface area contributed by atoms with Crippen molar-refractivity contribution in [2.45, 2.75) is 6.92 Å². The van der Waals surface area contributed by atoms with Gasteiger partial charge in [0, 0.05) is 11.9 Å². The van der Waals surface area contributed by atoms with Crippen molar-refractivity contribution in [2.75, 3.05) is 18.7 Å². The maximum Gasteiger partial charge on any atom is 0.316 e. The number of hydrazone groups is 1. The molecule has 6 heteroatoms. The van der Waals surface area contributed by atoms with Crippen LogP contribution < -0.4 is 5.01 Å². The van der Waals surface area contributed by atoms with Crippen LogP contribution in [0.5, 0.6) is 0 Å². The summed E-state index contributed by atoms with van der Waals surface area (Å²) >= 11 is 5.82. The van der Waals surface area contributed by atoms with Crippen LogP contribution in [0.1, 0.15) is 6.92 Å². The van der Waals surface area contributed by atoms with Gasteiger partial charge in [0.2, 0.25) is 0 Å². The van der Waals surface area contributed by atoms with E-state index in [1.807, 2.05) is 0 Å². The fourth-order valence-electron chi connectivity index (χ4n) is 1.92. The van der Waals surface area contributed by atoms with Crippen LogP contribution in [0.3, 0.4) is 0 Å². The highest BCUT2D eigenvalue weighted by Gasteiger charge is 2.36. The zero-order valence-corrected chi connectivity index (χ0v) is 11.3. The highest BCUT2D eigenvalue weighted by molar-refractivity contribution is 6.43. The Morgan fingerprint density at radius 3 is 2.53 bits per heavy atom. The van der Waals surface area contributed by atoms with E-state index in [1.165, 1.54) is 14.0 Å². The zero-order valence-electron chi connectivity index (χ0n) is 10.6. The lowest BCUT2D eigenvalue weighted by Gasteiger charge is -2.14. The second-order valence-corrected chi connectivity index (χ2v) is 4.61. The highest BCUT2D eigenvalue weighted by Crippen LogP contribution is 2.25. The number of ketones is 1. The van der Waals surface area contributed by atoms with E-state index < -0.39 is 11.9 Å². The molecule has 5 nitrogen and oxygen atoms in total. The fraction of sp³-hybridized carbons (Fsp3) is 0.308. The number of anilines is 1. The van der Waals surface area contributed by atoms with Crippen LogP contribution in [0.25, 0.3) is 0 Å². The number of benzene rings is 1. The number of hydrogen-bond donors (Lipinski definition) is 0. The lowest BCUT2D eigenvalue weighted by molar-refractivity contribution is -0.142. The molecule has 0 fully saturated rings. The van der Waals surface area contributed by atoms with E-state index in [1.54, 1.807) is 29.3 Å². The van der Waals surface area contributed by atoms with Gasteiger partial charge in [0.15, 0.2) is 5.78 Å². The van der Waals surface area contributed by atoms with Crippen molar-refractivity contribution < 1.29 is 14.3 Å². The van der Waals surface area contributed by atoms with E-state index in [0.717, 1.165) is 5.69 Å². The quantitative estimate of drug-likeness (QED) is 0.794. The summed E-state index contributed by atoms with van der Waals surface area (Å²) in [7, 11) is 1.30. The molecule has 0 saturated carbocycles. The standard InChI is InChI=1S/C13H13ClN2O3/c1-8(17)12-11(13(18)19-2)7-16(15-12)10-5-3-9(14)4-6-10/h3-6,11H,7H2,1-2H3/t11-/m1/s1. The Kier molecular flexibility index (Phi) is 3.85. The van der Waals surface area contributed by atoms with E-state index in [2.05, 4.69) is 5.10 Å². The average Bonchev–Trinajstić information content (AvgIpc) is 2.84. The first kappa shape index (κ1) is 13.5. The fourth-order valence-corrected chi connectivity index (χ4v) is 2.05. The molecule has 0 radical (unpaired) electrons. The molecule has 0 spiro atoms. The Bertz CT molecular complexity index is 539. The number of halogens is 1. The number of esters is 1. The third-order valence-electron chi connectivity index (χ3n) is 2.89. The second kappa shape index (κ2) is 5.40. The molecule has 0 bridgehead atoms. The lowest BCUT2D eigenvalue weighted by atomic mass is 10.0. The third-order valence-corrected chi connectivity index (χ3v) is 3.14. The summed E-state index contributed by atoms with van der Waals surface area (Å²) in [6.07, 6.45) is 0. The summed E-state index contributed by atoms with van der Waals surface area (Å²) < 4.78 is 4.70. The molecule has 1 aliphatic heterocycles. The molecule has 1 aromatic carbocycles. The Morgan fingerprint density at radius 2 is 2.00 bits per heavy atom. The van der Waals surface area contributed by atoms with Crippen LogP contribution in [0.2, 0.25) is 5.02 Å². The highest BCUT2D eigenvalue weighted by atomic mass is 35.5. The maximum atomic E-state index is 11.7. The Morgan fingerprint density at radius 1 is 1.37 bits per heavy atom. The number of rotatable bonds is 3. The molecular formula is C13H13ClN2O3. The van der Waals surface area contributed by atoms with Crippen molar-refractivity contribution in [3.8, 4) is 0 Å². The summed E-state index contributed by atoms with van der Waals surface area (Å²) in [6.45, 7) is 1.68. The number of ether oxygens (including phenoxy) is 1. The van der Waals surface area contributed by atoms with Gasteiger partial charge in [-0.3, -0.25) is 14.6 Å². The summed E-state index contributed by atoms with van der Waals surface area (Å²) in [5.41, 5.74) is 0.997. The van der Waals surface area contributed by atoms with Crippen LogP contribution in [-0.4, -0.2) is 31.1 Å². The third kappa shape index (κ3) is 2.76. The first-order chi connectivity index (χ1) is 9.02. The molecule has 0 N–H and O–H groups in total. The zero-order chi connectivity index (χ0) is 14.0. The number of carbonyl (C=O) groups excluding carboxylic acids is 2. The molecule has 1 aromatic rings. The topological polar surface area (TPSA) is 59.0 Å². The van der Waals surface area contributed by atoms with E-state index in [4.69, 9.17) is 16.3 Å². The molecule has 1 heterocycles. The van der Waals surface area contributed by atoms with Crippen molar-refractivity contribution in [3.63, 3.8) is 0 Å². The van der Waals surface area contributed by atoms with Crippen molar-refractivity contribution in [2.24, 2.45) is 11.0 Å². The van der Waals surface area contributed by atoms with E-state index in [-0.39, 0.29) is 11.5 Å². The minimum Gasteiger partial charge on any atom is -0.468 e. The number of Topliss-reactive ketones (excluding diaryl/α,β-unsaturated/α-hetero) is 1. The number of hydrogen-bond acceptors (Lipinski definition) is 5. The predicted molar refractivity (Wildman–Crippen MR) is 72.4 cm³/mol. The minimum atomic E-state index is -0.641. The van der Waals surface area contributed by atoms with E-state index in [0.29, 0.717) is 11.6 Å². The van der Waals surface area contributed by atoms with Gasteiger partial charge < -0.3 is 4.74 Å². The van der Waals surface area contributed by atoms with Gasteiger partial charge in [-0.05, 0) is 24.3 Å². The molecule has 0 amide bonds. The maximum absolute atomic E-state index is 11.7. The molecule has 100 valence electrons. The smallest absolute Gasteiger partial charge is 0.316 e. The largest absolute Gasteiger partial charge is 0.468 e. The summed E-state index contributed by atoms with van der Waals surface area (Å²) in [5.74, 6) is -1.32. The Labute approximate surface area is 115 Å². The van der Waals surface area contributed by atoms with Gasteiger partial charge in [0.05, 0.1) is 19.3 Å². The van der Waals surface area contributed by atoms with E-state index in [9.17, 15) is 9.59 Å². The molecule has 1 aliphatic rings. The van der Waals surface area contributed by atoms with Gasteiger partial charge in [-0.15, -0.1) is 0 Å². The molecule has 0 saturated heterocycles. The first-order valence-electron chi connectivity index (χ1n) is 5.73. The Balaban J connectivity index is 2.28. The van der Waals surface area contributed by atoms with Crippen LogP contribution in [0.4, 0.5) is 5.69 Å². The normalized spacial score (nSPS) is 18.2. The van der Waals surface area contributed by atoms with Crippen LogP contribution in [0.15, 0.2) is 29.4 Å². The number of carbonyl (C=O) groups is 2. The van der Waals surface area contributed by atoms with Crippen molar-refractivity contribution in [1.82, 2.24) is 0 Å². The second-order valence-electron chi connectivity index (χ2n) is 4.18. The van der Waals surface area contributed by atoms with Crippen LogP contribution in [-0.2, 0) is 14.3 Å². The van der Waals surface area contributed by atoms with Gasteiger partial charge in [0.1, 0.15) is 11.6 Å². The van der Waals surface area contributed by atoms with Crippen molar-refractivity contribution in [3.05, 3.63) is 29.3 Å². The SMILES string of the molecule is COC(=O)[C@@H]1CN(c2ccc(Cl)cc2)N=C1C(C)=O. The van der Waals surface area contributed by atoms with Crippen LogP contribution >= 0.6 is 11.6 Å². The molecular weight excluding hydrogens is 268 g/mol. The molecule has 1 atom stereocenters. The number of methoxy groups -OCH3 is 1. The molecule has 19 heavy (non-hydrogen) atoms. The van der Waals surface area contributed by atoms with Gasteiger partial charge in [0.25, 0.3) is 0 Å².